The summed E-state index contributed by atoms with van der Waals surface area (Å²) < 4.78 is 0. The Hall–Kier alpha value is -4.04. The zero-order chi connectivity index (χ0) is 22.2. The fourth-order valence-electron chi connectivity index (χ4n) is 1.87. The Kier molecular flexibility index (Phi) is 20.3. The molecule has 0 bridgehead atoms. The van der Waals surface area contributed by atoms with E-state index in [1.807, 2.05) is 24.3 Å². The summed E-state index contributed by atoms with van der Waals surface area (Å²) in [6.07, 6.45) is 14.1. The zero-order valence-corrected chi connectivity index (χ0v) is 21.0. The third-order valence-electron chi connectivity index (χ3n) is 2.90. The van der Waals surface area contributed by atoms with Crippen molar-refractivity contribution in [1.29, 1.82) is 0 Å². The van der Waals surface area contributed by atoms with Gasteiger partial charge in [-0.25, -0.2) is 9.97 Å². The molecule has 172 valence electrons. The molecule has 4 aromatic rings. The molecular weight excluding hydrogens is 545 g/mol. The molecule has 0 aromatic carbocycles. The van der Waals surface area contributed by atoms with Gasteiger partial charge >= 0.3 is 27.3 Å². The number of aromatic nitrogens is 6. The largest absolute Gasteiger partial charge is 2.00 e. The van der Waals surface area contributed by atoms with E-state index in [2.05, 4.69) is 29.9 Å². The van der Waals surface area contributed by atoms with E-state index in [-0.39, 0.29) is 38.3 Å². The van der Waals surface area contributed by atoms with Gasteiger partial charge in [0.05, 0.1) is 10.2 Å². The summed E-state index contributed by atoms with van der Waals surface area (Å²) in [7, 11) is 0. The van der Waals surface area contributed by atoms with Crippen LogP contribution in [0.4, 0.5) is 0 Å². The van der Waals surface area contributed by atoms with Gasteiger partial charge in [0.15, 0.2) is 0 Å². The molecular formula is C16H20CdN8O8+2. The molecule has 0 atom stereocenters. The van der Waals surface area contributed by atoms with E-state index in [9.17, 15) is 0 Å². The van der Waals surface area contributed by atoms with Crippen LogP contribution in [0.2, 0.25) is 0 Å². The molecule has 16 nitrogen and oxygen atoms in total. The summed E-state index contributed by atoms with van der Waals surface area (Å²) in [4.78, 5) is 38.6. The average molecular weight is 565 g/mol. The van der Waals surface area contributed by atoms with E-state index in [0.29, 0.717) is 0 Å². The number of hydrogen-bond acceptors (Lipinski definition) is 10. The van der Waals surface area contributed by atoms with E-state index >= 15 is 0 Å². The van der Waals surface area contributed by atoms with Crippen LogP contribution in [0.25, 0.3) is 22.8 Å². The summed E-state index contributed by atoms with van der Waals surface area (Å²) in [6, 6.07) is 7.66. The number of nitrogens with one attached hydrogen (secondary N) is 2. The normalized spacial score (nSPS) is 8.00. The molecule has 0 spiro atoms. The molecule has 33 heavy (non-hydrogen) atoms. The molecule has 0 aliphatic carbocycles. The van der Waals surface area contributed by atoms with Crippen molar-refractivity contribution < 1.29 is 48.4 Å². The molecule has 0 aliphatic heterocycles. The van der Waals surface area contributed by atoms with Crippen LogP contribution in [-0.2, 0) is 38.3 Å². The van der Waals surface area contributed by atoms with Crippen LogP contribution < -0.4 is 0 Å². The first-order chi connectivity index (χ1) is 14.4. The number of aromatic amines is 2. The smallest absolute Gasteiger partial charge is 0.457 e. The van der Waals surface area contributed by atoms with E-state index in [0.717, 1.165) is 22.8 Å². The molecule has 4 aromatic heterocycles. The van der Waals surface area contributed by atoms with Crippen LogP contribution in [0.5, 0.6) is 0 Å². The van der Waals surface area contributed by atoms with Crippen LogP contribution in [-0.4, -0.2) is 40.1 Å². The summed E-state index contributed by atoms with van der Waals surface area (Å²) in [6.45, 7) is 0. The van der Waals surface area contributed by atoms with Gasteiger partial charge < -0.3 is 51.6 Å². The standard InChI is InChI=1S/2C8H7N3.Cd.2NO3.2H2O/c2*1-3-9-4-2-7(1)8-10-5-6-11-8;;2*2-1(3)4;;/h2*1-6H,(H,10,11);;;;2*1H2/q;;+2;2*-1;;/p+2. The van der Waals surface area contributed by atoms with Crippen LogP contribution >= 0.6 is 0 Å². The second kappa shape index (κ2) is 19.9. The number of nitrogens with zero attached hydrogens (tertiary/aromatic N) is 6. The van der Waals surface area contributed by atoms with E-state index < -0.39 is 10.2 Å². The average Bonchev–Trinajstić information content (AvgIpc) is 3.43. The van der Waals surface area contributed by atoms with E-state index in [1.54, 1.807) is 49.6 Å². The van der Waals surface area contributed by atoms with Crippen LogP contribution in [0.3, 0.4) is 0 Å². The minimum absolute atomic E-state index is 0. The number of imidazole rings is 2. The van der Waals surface area contributed by atoms with Crippen molar-refractivity contribution in [3.63, 3.8) is 0 Å². The van der Waals surface area contributed by atoms with Gasteiger partial charge in [0.1, 0.15) is 11.6 Å². The topological polar surface area (TPSA) is 282 Å². The Morgan fingerprint density at radius 2 is 0.879 bits per heavy atom. The molecule has 0 fully saturated rings. The first-order valence-electron chi connectivity index (χ1n) is 7.82. The van der Waals surface area contributed by atoms with Crippen molar-refractivity contribution in [1.82, 2.24) is 29.9 Å². The van der Waals surface area contributed by atoms with Crippen LogP contribution in [0.15, 0.2) is 73.8 Å². The van der Waals surface area contributed by atoms with Gasteiger partial charge in [-0.2, -0.15) is 0 Å². The predicted octanol–water partition coefficient (Wildman–Crippen LogP) is 0.619. The second-order valence-corrected chi connectivity index (χ2v) is 4.79. The summed E-state index contributed by atoms with van der Waals surface area (Å²) in [5, 5.41) is 29.5. The van der Waals surface area contributed by atoms with Gasteiger partial charge in [-0.1, -0.05) is 0 Å². The number of rotatable bonds is 2. The van der Waals surface area contributed by atoms with Crippen LogP contribution in [0, 0.1) is 30.6 Å². The van der Waals surface area contributed by atoms with Gasteiger partial charge in [0.25, 0.3) is 0 Å². The maximum Gasteiger partial charge on any atom is 2.00 e. The molecule has 17 heteroatoms. The van der Waals surface area contributed by atoms with Crippen molar-refractivity contribution in [2.45, 2.75) is 0 Å². The number of pyridine rings is 2. The molecule has 0 saturated heterocycles. The van der Waals surface area contributed by atoms with E-state index in [4.69, 9.17) is 30.6 Å². The zero-order valence-electron chi connectivity index (χ0n) is 16.9. The molecule has 0 saturated carbocycles. The molecule has 0 amide bonds. The minimum atomic E-state index is -1.75. The first kappa shape index (κ1) is 33.6. The van der Waals surface area contributed by atoms with Gasteiger partial charge in [0.2, 0.25) is 0 Å². The van der Waals surface area contributed by atoms with Gasteiger partial charge in [0, 0.05) is 60.7 Å². The predicted molar refractivity (Wildman–Crippen MR) is 114 cm³/mol. The maximum atomic E-state index is 8.25. The van der Waals surface area contributed by atoms with Crippen molar-refractivity contribution >= 4 is 0 Å². The Balaban J connectivity index is -0.000000389. The van der Waals surface area contributed by atoms with Crippen LogP contribution in [0.1, 0.15) is 0 Å². The summed E-state index contributed by atoms with van der Waals surface area (Å²) in [5.41, 5.74) is 2.12. The Labute approximate surface area is 205 Å². The molecule has 0 radical (unpaired) electrons. The quantitative estimate of drug-likeness (QED) is 0.148. The van der Waals surface area contributed by atoms with E-state index in [1.165, 1.54) is 0 Å². The maximum absolute atomic E-state index is 8.25. The molecule has 0 aliphatic rings. The Morgan fingerprint density at radius 1 is 0.606 bits per heavy atom. The van der Waals surface area contributed by atoms with Gasteiger partial charge in [-0.05, 0) is 24.3 Å². The first-order valence-corrected chi connectivity index (χ1v) is 7.82. The van der Waals surface area contributed by atoms with Crippen molar-refractivity contribution in [3.05, 3.63) is 104 Å². The number of H-pyrrole nitrogens is 2. The van der Waals surface area contributed by atoms with Crippen molar-refractivity contribution in [3.8, 4) is 22.8 Å². The van der Waals surface area contributed by atoms with Crippen molar-refractivity contribution in [2.75, 3.05) is 0 Å². The fraction of sp³-hybridized carbons (Fsp3) is 0. The Bertz CT molecular complexity index is 887. The second-order valence-electron chi connectivity index (χ2n) is 4.79. The number of hydrogen-bond donors (Lipinski definition) is 2. The summed E-state index contributed by atoms with van der Waals surface area (Å²) >= 11 is 0. The van der Waals surface area contributed by atoms with Gasteiger partial charge in [-0.3, -0.25) is 9.97 Å². The fourth-order valence-corrected chi connectivity index (χ4v) is 1.87. The van der Waals surface area contributed by atoms with Crippen molar-refractivity contribution in [2.24, 2.45) is 0 Å². The summed E-state index contributed by atoms with van der Waals surface area (Å²) in [5.74, 6) is 1.76. The Morgan fingerprint density at radius 3 is 1.09 bits per heavy atom. The van der Waals surface area contributed by atoms with Gasteiger partial charge in [-0.15, -0.1) is 0 Å². The molecule has 8 N–H and O–H groups in total. The third kappa shape index (κ3) is 16.3. The minimum Gasteiger partial charge on any atom is -0.457 e. The monoisotopic (exact) mass is 566 g/mol. The third-order valence-corrected chi connectivity index (χ3v) is 2.90. The molecule has 4 rings (SSSR count). The molecule has 4 heterocycles. The molecule has 0 unspecified atom stereocenters. The SMILES string of the molecule is O=[N+]([O-])[O-].O=[N+]([O-])[O-].[Cd+2].[OH3+].[OH3+].c1cc(-c2ncc[nH]2)ccn1.c1cc(-c2ncc[nH]2)ccn1.